The van der Waals surface area contributed by atoms with Crippen LogP contribution in [0.15, 0.2) is 29.2 Å². The highest BCUT2D eigenvalue weighted by atomic mass is 32.3. The molecule has 0 aliphatic rings. The quantitative estimate of drug-likeness (QED) is 0.694. The molecule has 0 spiro atoms. The Balaban J connectivity index is 2.85. The predicted molar refractivity (Wildman–Crippen MR) is 55.1 cm³/mol. The first-order valence-electron chi connectivity index (χ1n) is 4.60. The lowest BCUT2D eigenvalue weighted by Gasteiger charge is -2.24. The monoisotopic (exact) mass is 276 g/mol. The average molecular weight is 276 g/mol. The molecule has 0 unspecified atom stereocenters. The Morgan fingerprint density at radius 1 is 1.12 bits per heavy atom. The van der Waals surface area contributed by atoms with Gasteiger partial charge in [-0.05, 0) is 19.1 Å². The number of alkyl halides is 4. The Morgan fingerprint density at radius 3 is 2.00 bits per heavy atom. The zero-order valence-electron chi connectivity index (χ0n) is 8.77. The Labute approximate surface area is 96.5 Å². The third-order valence-electron chi connectivity index (χ3n) is 2.08. The van der Waals surface area contributed by atoms with Gasteiger partial charge in [-0.2, -0.15) is 20.9 Å². The molecule has 0 aromatic heterocycles. The van der Waals surface area contributed by atoms with Crippen LogP contribution in [0.4, 0.5) is 25.3 Å². The number of benzene rings is 1. The van der Waals surface area contributed by atoms with Gasteiger partial charge < -0.3 is 0 Å². The van der Waals surface area contributed by atoms with Crippen molar-refractivity contribution < 1.29 is 25.3 Å². The molecule has 0 radical (unpaired) electrons. The smallest absolute Gasteiger partial charge is 0.236 e. The second-order valence-electron chi connectivity index (χ2n) is 3.56. The molecule has 1 aromatic carbocycles. The minimum absolute atomic E-state index is 0.532. The fourth-order valence-electron chi connectivity index (χ4n) is 1.11. The van der Waals surface area contributed by atoms with E-state index in [2.05, 4.69) is 0 Å². The summed E-state index contributed by atoms with van der Waals surface area (Å²) < 4.78 is 75.0. The van der Waals surface area contributed by atoms with Crippen LogP contribution in [-0.2, 0) is 0 Å². The number of aryl methyl sites for hydroxylation is 1. The van der Waals surface area contributed by atoms with Crippen molar-refractivity contribution >= 4 is 10.8 Å². The van der Waals surface area contributed by atoms with Crippen LogP contribution in [0, 0.1) is 6.92 Å². The summed E-state index contributed by atoms with van der Waals surface area (Å²) in [6.45, 7) is 1.66. The van der Waals surface area contributed by atoms with E-state index in [4.69, 9.17) is 0 Å². The molecule has 0 N–H and O–H groups in total. The number of halogens is 6. The minimum Gasteiger partial charge on any atom is -0.236 e. The summed E-state index contributed by atoms with van der Waals surface area (Å²) in [4.78, 5) is -0.532. The lowest BCUT2D eigenvalue weighted by molar-refractivity contribution is -0.173. The first-order chi connectivity index (χ1) is 7.63. The van der Waals surface area contributed by atoms with Crippen molar-refractivity contribution in [2.75, 3.05) is 5.75 Å². The topological polar surface area (TPSA) is 0 Å². The van der Waals surface area contributed by atoms with Crippen LogP contribution in [0.5, 0.6) is 0 Å². The van der Waals surface area contributed by atoms with Gasteiger partial charge in [0.05, 0.1) is 16.6 Å². The third-order valence-corrected chi connectivity index (χ3v) is 3.75. The third kappa shape index (κ3) is 3.83. The van der Waals surface area contributed by atoms with Crippen molar-refractivity contribution in [2.24, 2.45) is 0 Å². The second kappa shape index (κ2) is 4.80. The second-order valence-corrected chi connectivity index (χ2v) is 5.52. The normalized spacial score (nSPS) is 15.7. The summed E-state index contributed by atoms with van der Waals surface area (Å²) in [6.07, 6.45) is -8.73. The fraction of sp³-hybridized carbons (Fsp3) is 0.400. The molecule has 1 rings (SSSR count). The maximum Gasteiger partial charge on any atom is 0.420 e. The number of rotatable bonds is 3. The average Bonchev–Trinajstić information content (AvgIpc) is 2.16. The Kier molecular flexibility index (Phi) is 4.01. The molecule has 0 saturated heterocycles. The van der Waals surface area contributed by atoms with E-state index in [0.29, 0.717) is 5.56 Å². The molecule has 0 amide bonds. The molecule has 0 heterocycles. The van der Waals surface area contributed by atoms with Crippen molar-refractivity contribution in [3.05, 3.63) is 29.8 Å². The predicted octanol–water partition coefficient (Wildman–Crippen LogP) is 4.83. The van der Waals surface area contributed by atoms with Gasteiger partial charge in [0, 0.05) is 4.90 Å². The van der Waals surface area contributed by atoms with Crippen LogP contribution in [0.25, 0.3) is 0 Å². The van der Waals surface area contributed by atoms with Crippen molar-refractivity contribution in [1.29, 1.82) is 0 Å². The van der Waals surface area contributed by atoms with Crippen LogP contribution >= 0.6 is 10.8 Å². The molecule has 1 atom stereocenters. The summed E-state index contributed by atoms with van der Waals surface area (Å²) >= 11 is 0. The van der Waals surface area contributed by atoms with Crippen molar-refractivity contribution in [1.82, 2.24) is 0 Å². The van der Waals surface area contributed by atoms with Crippen LogP contribution in [0.3, 0.4) is 0 Å². The van der Waals surface area contributed by atoms with E-state index in [1.807, 2.05) is 0 Å². The maximum absolute atomic E-state index is 13.4. The lowest BCUT2D eigenvalue weighted by atomic mass is 10.2. The largest absolute Gasteiger partial charge is 0.420 e. The van der Waals surface area contributed by atoms with Crippen molar-refractivity contribution in [3.8, 4) is 0 Å². The fourth-order valence-corrected chi connectivity index (χ4v) is 2.40. The standard InChI is InChI=1S/C10H10F6S/c1-7-2-4-8(5-3-7)17(15,16)6-9(11)10(12,13)14/h2-5,9H,6H2,1H3/t9-/m0/s1. The molecule has 0 nitrogen and oxygen atoms in total. The Bertz CT molecular complexity index is 369. The SMILES string of the molecule is Cc1ccc(S(F)(F)C[C@H](F)C(F)(F)F)cc1. The van der Waals surface area contributed by atoms with Gasteiger partial charge in [0.2, 0.25) is 6.17 Å². The summed E-state index contributed by atoms with van der Waals surface area (Å²) in [5.41, 5.74) is 0.705. The van der Waals surface area contributed by atoms with Gasteiger partial charge in [-0.25, -0.2) is 4.39 Å². The molecule has 0 bridgehead atoms. The van der Waals surface area contributed by atoms with Gasteiger partial charge in [-0.3, -0.25) is 0 Å². The van der Waals surface area contributed by atoms with E-state index in [-0.39, 0.29) is 0 Å². The van der Waals surface area contributed by atoms with Crippen molar-refractivity contribution in [3.63, 3.8) is 0 Å². The molecule has 98 valence electrons. The van der Waals surface area contributed by atoms with Gasteiger partial charge in [0.15, 0.2) is 0 Å². The molecule has 0 saturated carbocycles. The molecule has 17 heavy (non-hydrogen) atoms. The molecular weight excluding hydrogens is 266 g/mol. The van der Waals surface area contributed by atoms with Gasteiger partial charge in [0.1, 0.15) is 0 Å². The van der Waals surface area contributed by atoms with Crippen LogP contribution in [0.1, 0.15) is 5.56 Å². The molecule has 1 aromatic rings. The Hall–Kier alpha value is -0.850. The van der Waals surface area contributed by atoms with E-state index in [0.717, 1.165) is 12.1 Å². The molecule has 0 aliphatic heterocycles. The zero-order valence-corrected chi connectivity index (χ0v) is 9.59. The number of hydrogen-bond acceptors (Lipinski definition) is 0. The highest BCUT2D eigenvalue weighted by Crippen LogP contribution is 2.60. The highest BCUT2D eigenvalue weighted by Gasteiger charge is 2.45. The van der Waals surface area contributed by atoms with Gasteiger partial charge >= 0.3 is 6.18 Å². The van der Waals surface area contributed by atoms with Gasteiger partial charge in [0.25, 0.3) is 0 Å². The molecule has 0 fully saturated rings. The van der Waals surface area contributed by atoms with Gasteiger partial charge in [-0.15, -0.1) is 0 Å². The van der Waals surface area contributed by atoms with Gasteiger partial charge in [-0.1, -0.05) is 17.7 Å². The first-order valence-corrected chi connectivity index (χ1v) is 6.21. The van der Waals surface area contributed by atoms with Crippen LogP contribution in [-0.4, -0.2) is 18.1 Å². The van der Waals surface area contributed by atoms with Crippen LogP contribution in [0.2, 0.25) is 0 Å². The molecular formula is C10H10F6S. The van der Waals surface area contributed by atoms with E-state index in [1.54, 1.807) is 6.92 Å². The zero-order chi connectivity index (χ0) is 13.3. The van der Waals surface area contributed by atoms with Crippen molar-refractivity contribution in [2.45, 2.75) is 24.2 Å². The highest BCUT2D eigenvalue weighted by molar-refractivity contribution is 8.25. The summed E-state index contributed by atoms with van der Waals surface area (Å²) in [5.74, 6) is -1.81. The van der Waals surface area contributed by atoms with Crippen LogP contribution < -0.4 is 0 Å². The maximum atomic E-state index is 13.4. The van der Waals surface area contributed by atoms with E-state index < -0.39 is 33.8 Å². The first kappa shape index (κ1) is 14.2. The minimum atomic E-state index is -5.23. The summed E-state index contributed by atoms with van der Waals surface area (Å²) in [5, 5.41) is 0. The van der Waals surface area contributed by atoms with E-state index in [1.165, 1.54) is 12.1 Å². The van der Waals surface area contributed by atoms with E-state index in [9.17, 15) is 25.3 Å². The summed E-state index contributed by atoms with van der Waals surface area (Å²) in [7, 11) is -4.75. The number of hydrogen-bond donors (Lipinski definition) is 0. The lowest BCUT2D eigenvalue weighted by Crippen LogP contribution is -2.28. The molecule has 0 aliphatic carbocycles. The summed E-state index contributed by atoms with van der Waals surface area (Å²) in [6, 6.07) is 4.79. The Morgan fingerprint density at radius 2 is 1.59 bits per heavy atom. The molecule has 7 heteroatoms. The van der Waals surface area contributed by atoms with E-state index >= 15 is 0 Å².